The summed E-state index contributed by atoms with van der Waals surface area (Å²) in [5.41, 5.74) is 9.03. The number of rotatable bonds is 5. The Morgan fingerprint density at radius 2 is 2.12 bits per heavy atom. The van der Waals surface area contributed by atoms with Crippen molar-refractivity contribution in [2.45, 2.75) is 0 Å². The second-order valence-electron chi connectivity index (χ2n) is 3.05. The molecular formula is C12H12N2O3. The first-order valence-electron chi connectivity index (χ1n) is 4.91. The van der Waals surface area contributed by atoms with Crippen LogP contribution in [0, 0.1) is 0 Å². The molecule has 17 heavy (non-hydrogen) atoms. The molecule has 0 radical (unpaired) electrons. The topological polar surface area (TPSA) is 71.9 Å². The highest BCUT2D eigenvalue weighted by Gasteiger charge is 1.99. The van der Waals surface area contributed by atoms with Crippen molar-refractivity contribution >= 4 is 18.3 Å². The van der Waals surface area contributed by atoms with E-state index < -0.39 is 5.97 Å². The van der Waals surface area contributed by atoms with Crippen molar-refractivity contribution in [3.05, 3.63) is 41.4 Å². The van der Waals surface area contributed by atoms with Gasteiger partial charge in [0, 0.05) is 0 Å². The highest BCUT2D eigenvalue weighted by molar-refractivity contribution is 6.20. The molecule has 0 aliphatic heterocycles. The zero-order chi connectivity index (χ0) is 12.5. The number of ether oxygens (including phenoxy) is 2. The van der Waals surface area contributed by atoms with Gasteiger partial charge >= 0.3 is 12.2 Å². The van der Waals surface area contributed by atoms with Crippen LogP contribution in [0.3, 0.4) is 0 Å². The van der Waals surface area contributed by atoms with E-state index in [0.29, 0.717) is 6.21 Å². The third kappa shape index (κ3) is 4.77. The minimum atomic E-state index is -0.688. The normalized spacial score (nSPS) is 9.71. The van der Waals surface area contributed by atoms with Gasteiger partial charge in [-0.15, -0.1) is 0 Å². The van der Waals surface area contributed by atoms with E-state index >= 15 is 0 Å². The summed E-state index contributed by atoms with van der Waals surface area (Å²) in [5, 5.41) is 0. The summed E-state index contributed by atoms with van der Waals surface area (Å²) in [7, 11) is 1.60. The Morgan fingerprint density at radius 1 is 1.41 bits per heavy atom. The molecule has 5 nitrogen and oxygen atoms in total. The Labute approximate surface area is 98.9 Å². The standard InChI is InChI=1S/C12H12N2O3/c1-16-11-6-4-10(5-7-11)3-2-8-17-12(15)9-14-13/h2-7,9H,8H2,1H3/b3-2-. The monoisotopic (exact) mass is 232 g/mol. The average Bonchev–Trinajstić information content (AvgIpc) is 2.36. The summed E-state index contributed by atoms with van der Waals surface area (Å²) in [6.45, 7) is 0.122. The largest absolute Gasteiger partial charge is 0.497 e. The molecule has 0 heterocycles. The van der Waals surface area contributed by atoms with Crippen LogP contribution < -0.4 is 4.74 Å². The molecule has 1 aromatic carbocycles. The van der Waals surface area contributed by atoms with Gasteiger partial charge in [-0.3, -0.25) is 0 Å². The summed E-state index contributed by atoms with van der Waals surface area (Å²) in [6, 6.07) is 7.44. The fourth-order valence-corrected chi connectivity index (χ4v) is 1.11. The number of hydrogen-bond donors (Lipinski definition) is 0. The van der Waals surface area contributed by atoms with Crippen LogP contribution in [0.25, 0.3) is 11.6 Å². The SMILES string of the molecule is COc1ccc(/C=C\COC(=O)C=[N+]=[N-])cc1. The van der Waals surface area contributed by atoms with E-state index in [9.17, 15) is 4.79 Å². The number of hydrogen-bond acceptors (Lipinski definition) is 3. The third-order valence-electron chi connectivity index (χ3n) is 1.91. The second-order valence-corrected chi connectivity index (χ2v) is 3.05. The van der Waals surface area contributed by atoms with Crippen LogP contribution in [0.4, 0.5) is 0 Å². The summed E-state index contributed by atoms with van der Waals surface area (Å²) < 4.78 is 9.71. The number of benzene rings is 1. The van der Waals surface area contributed by atoms with E-state index in [4.69, 9.17) is 10.3 Å². The van der Waals surface area contributed by atoms with Gasteiger partial charge in [0.1, 0.15) is 12.4 Å². The second kappa shape index (κ2) is 6.98. The number of carbonyl (C=O) groups excluding carboxylic acids is 1. The smallest absolute Gasteiger partial charge is 0.413 e. The van der Waals surface area contributed by atoms with Gasteiger partial charge in [0.05, 0.1) is 7.11 Å². The van der Waals surface area contributed by atoms with Gasteiger partial charge in [0.25, 0.3) is 0 Å². The molecule has 0 aromatic heterocycles. The molecule has 0 spiro atoms. The van der Waals surface area contributed by atoms with Gasteiger partial charge in [-0.1, -0.05) is 18.2 Å². The van der Waals surface area contributed by atoms with Crippen molar-refractivity contribution in [2.24, 2.45) is 0 Å². The molecule has 0 fully saturated rings. The van der Waals surface area contributed by atoms with Crippen molar-refractivity contribution in [3.8, 4) is 5.75 Å². The Bertz CT molecular complexity index is 445. The van der Waals surface area contributed by atoms with Crippen LogP contribution in [0.2, 0.25) is 0 Å². The maximum Gasteiger partial charge on any atom is 0.413 e. The van der Waals surface area contributed by atoms with E-state index in [1.54, 1.807) is 13.2 Å². The molecule has 0 saturated carbocycles. The van der Waals surface area contributed by atoms with Gasteiger partial charge in [-0.2, -0.15) is 4.79 Å². The van der Waals surface area contributed by atoms with Crippen molar-refractivity contribution in [1.82, 2.24) is 0 Å². The summed E-state index contributed by atoms with van der Waals surface area (Å²) >= 11 is 0. The van der Waals surface area contributed by atoms with Crippen molar-refractivity contribution in [2.75, 3.05) is 13.7 Å². The Balaban J connectivity index is 2.42. The fourth-order valence-electron chi connectivity index (χ4n) is 1.11. The van der Waals surface area contributed by atoms with Crippen molar-refractivity contribution in [1.29, 1.82) is 0 Å². The molecule has 0 bridgehead atoms. The summed E-state index contributed by atoms with van der Waals surface area (Å²) in [5.74, 6) is 0.0969. The quantitative estimate of drug-likeness (QED) is 0.334. The molecule has 0 unspecified atom stereocenters. The lowest BCUT2D eigenvalue weighted by Gasteiger charge is -1.99. The van der Waals surface area contributed by atoms with Crippen molar-refractivity contribution in [3.63, 3.8) is 0 Å². The van der Waals surface area contributed by atoms with E-state index in [1.807, 2.05) is 30.3 Å². The fraction of sp³-hybridized carbons (Fsp3) is 0.167. The van der Waals surface area contributed by atoms with Crippen LogP contribution in [0.15, 0.2) is 30.3 Å². The maximum atomic E-state index is 10.8. The van der Waals surface area contributed by atoms with E-state index in [1.165, 1.54) is 0 Å². The zero-order valence-electron chi connectivity index (χ0n) is 9.37. The Morgan fingerprint density at radius 3 is 2.71 bits per heavy atom. The molecule has 0 atom stereocenters. The molecule has 0 aliphatic rings. The molecule has 5 heteroatoms. The van der Waals surface area contributed by atoms with Crippen LogP contribution in [-0.2, 0) is 9.53 Å². The molecule has 88 valence electrons. The molecular weight excluding hydrogens is 220 g/mol. The maximum absolute atomic E-state index is 10.8. The predicted octanol–water partition coefficient (Wildman–Crippen LogP) is 1.55. The number of esters is 1. The van der Waals surface area contributed by atoms with Crippen molar-refractivity contribution < 1.29 is 19.1 Å². The minimum Gasteiger partial charge on any atom is -0.497 e. The predicted molar refractivity (Wildman–Crippen MR) is 62.7 cm³/mol. The number of methoxy groups -OCH3 is 1. The lowest BCUT2D eigenvalue weighted by Crippen LogP contribution is -2.05. The summed E-state index contributed by atoms with van der Waals surface area (Å²) in [6.07, 6.45) is 4.19. The first kappa shape index (κ1) is 12.7. The van der Waals surface area contributed by atoms with E-state index in [2.05, 4.69) is 9.53 Å². The molecule has 1 aromatic rings. The number of nitrogens with zero attached hydrogens (tertiary/aromatic N) is 2. The Hall–Kier alpha value is -2.39. The highest BCUT2D eigenvalue weighted by Crippen LogP contribution is 2.12. The first-order valence-corrected chi connectivity index (χ1v) is 4.91. The minimum absolute atomic E-state index is 0.122. The lowest BCUT2D eigenvalue weighted by atomic mass is 10.2. The summed E-state index contributed by atoms with van der Waals surface area (Å²) in [4.78, 5) is 13.3. The number of carbonyl (C=O) groups is 1. The average molecular weight is 232 g/mol. The molecule has 0 saturated heterocycles. The molecule has 0 amide bonds. The zero-order valence-corrected chi connectivity index (χ0v) is 9.37. The van der Waals surface area contributed by atoms with Crippen LogP contribution in [0.5, 0.6) is 5.75 Å². The molecule has 0 aliphatic carbocycles. The van der Waals surface area contributed by atoms with Crippen LogP contribution in [0.1, 0.15) is 5.56 Å². The van der Waals surface area contributed by atoms with Crippen LogP contribution >= 0.6 is 0 Å². The van der Waals surface area contributed by atoms with Gasteiger partial charge in [-0.25, -0.2) is 4.79 Å². The molecule has 0 N–H and O–H groups in total. The van der Waals surface area contributed by atoms with Gasteiger partial charge in [0.2, 0.25) is 0 Å². The molecule has 1 rings (SSSR count). The Kier molecular flexibility index (Phi) is 5.20. The first-order chi connectivity index (χ1) is 8.26. The lowest BCUT2D eigenvalue weighted by molar-refractivity contribution is -0.137. The van der Waals surface area contributed by atoms with Gasteiger partial charge in [0.15, 0.2) is 0 Å². The van der Waals surface area contributed by atoms with Gasteiger partial charge in [-0.05, 0) is 23.8 Å². The van der Waals surface area contributed by atoms with E-state index in [0.717, 1.165) is 11.3 Å². The third-order valence-corrected chi connectivity index (χ3v) is 1.91. The van der Waals surface area contributed by atoms with Gasteiger partial charge < -0.3 is 15.0 Å². The van der Waals surface area contributed by atoms with E-state index in [-0.39, 0.29) is 6.61 Å². The highest BCUT2D eigenvalue weighted by atomic mass is 16.5. The van der Waals surface area contributed by atoms with Crippen LogP contribution in [-0.4, -0.2) is 30.7 Å².